The molecule has 0 aromatic heterocycles. The highest BCUT2D eigenvalue weighted by atomic mass is 16.8. The summed E-state index contributed by atoms with van der Waals surface area (Å²) in [4.78, 5) is 40.3. The number of carbonyl (C=O) groups is 3. The lowest BCUT2D eigenvalue weighted by Crippen LogP contribution is -2.65. The Morgan fingerprint density at radius 2 is 1.04 bits per heavy atom. The van der Waals surface area contributed by atoms with Gasteiger partial charge in [-0.15, -0.1) is 0 Å². The number of nitrogens with zero attached hydrogens (tertiary/aromatic N) is 1. The molecule has 4 aliphatic heterocycles. The Morgan fingerprint density at radius 3 is 1.57 bits per heavy atom. The lowest BCUT2D eigenvalue weighted by Gasteiger charge is -2.46. The first-order chi connectivity index (χ1) is 32.2. The number of rotatable bonds is 25. The third-order valence-corrected chi connectivity index (χ3v) is 11.7. The summed E-state index contributed by atoms with van der Waals surface area (Å²) in [5.41, 5.74) is 0. The van der Waals surface area contributed by atoms with E-state index in [-0.39, 0.29) is 26.1 Å². The van der Waals surface area contributed by atoms with Crippen LogP contribution in [0.2, 0.25) is 0 Å². The monoisotopic (exact) mass is 994 g/mol. The van der Waals surface area contributed by atoms with E-state index in [0.29, 0.717) is 19.3 Å². The number of aliphatic hydroxyl groups excluding tert-OH is 14. The average Bonchev–Trinajstić information content (AvgIpc) is 3.32. The van der Waals surface area contributed by atoms with Crippen molar-refractivity contribution in [3.8, 4) is 0 Å². The minimum atomic E-state index is -1.97. The van der Waals surface area contributed by atoms with Gasteiger partial charge in [-0.2, -0.15) is 0 Å². The number of nitrogens with one attached hydrogen (secondary N) is 3. The van der Waals surface area contributed by atoms with Crippen molar-refractivity contribution in [1.82, 2.24) is 20.9 Å². The molecule has 4 fully saturated rings. The SMILES string of the molecule is CNC(O)CCCCC(=O)N(CC(=O)NCCO[C@@H]1O[C@@H](C)[C@@H](O)[C@@H](O)[C@@H]1O)CC(=O)NCCO[C@H]1O[C@H](CO[C@H]2O[C@H](CO)[C@@H](O)[C@H](O)[C@@H]2O)[C@@H](O)[C@H](O[C@H]2O[C@H](CO)[C@@H](O)[C@H](O)[C@@H]2O)[C@@H]1O. The highest BCUT2D eigenvalue weighted by Crippen LogP contribution is 2.31. The molecule has 0 saturated carbocycles. The second kappa shape index (κ2) is 27.9. The van der Waals surface area contributed by atoms with Gasteiger partial charge in [0, 0.05) is 19.5 Å². The van der Waals surface area contributed by atoms with Gasteiger partial charge in [-0.3, -0.25) is 19.7 Å². The minimum Gasteiger partial charge on any atom is -0.394 e. The van der Waals surface area contributed by atoms with Crippen LogP contribution in [0.4, 0.5) is 0 Å². The van der Waals surface area contributed by atoms with Crippen LogP contribution in [-0.2, 0) is 52.3 Å². The second-order valence-corrected chi connectivity index (χ2v) is 16.8. The normalized spacial score (nSPS) is 39.2. The number of ether oxygens (including phenoxy) is 8. The fourth-order valence-corrected chi connectivity index (χ4v) is 7.56. The van der Waals surface area contributed by atoms with E-state index >= 15 is 0 Å². The maximum Gasteiger partial charge on any atom is 0.239 e. The molecule has 0 aliphatic carbocycles. The molecule has 4 heterocycles. The molecule has 29 heteroatoms. The Labute approximate surface area is 390 Å². The zero-order valence-electron chi connectivity index (χ0n) is 37.5. The first kappa shape index (κ1) is 58.1. The number of unbranched alkanes of at least 4 members (excludes halogenated alkanes) is 1. The summed E-state index contributed by atoms with van der Waals surface area (Å²) in [6.45, 7) is -3.18. The van der Waals surface area contributed by atoms with Gasteiger partial charge in [0.1, 0.15) is 111 Å². The quantitative estimate of drug-likeness (QED) is 0.0298. The smallest absolute Gasteiger partial charge is 0.239 e. The van der Waals surface area contributed by atoms with Gasteiger partial charge in [0.25, 0.3) is 0 Å². The van der Waals surface area contributed by atoms with Gasteiger partial charge in [0.05, 0.1) is 39.1 Å². The predicted octanol–water partition coefficient (Wildman–Crippen LogP) is -10.5. The molecule has 68 heavy (non-hydrogen) atoms. The lowest BCUT2D eigenvalue weighted by atomic mass is 9.96. The van der Waals surface area contributed by atoms with E-state index in [1.54, 1.807) is 7.05 Å². The van der Waals surface area contributed by atoms with E-state index in [2.05, 4.69) is 16.0 Å². The highest BCUT2D eigenvalue weighted by Gasteiger charge is 2.52. The minimum absolute atomic E-state index is 0.0944. The molecule has 0 aromatic rings. The Balaban J connectivity index is 1.36. The van der Waals surface area contributed by atoms with Gasteiger partial charge in [-0.05, 0) is 33.2 Å². The van der Waals surface area contributed by atoms with Crippen molar-refractivity contribution in [1.29, 1.82) is 0 Å². The number of carbonyl (C=O) groups excluding carboxylic acids is 3. The molecule has 0 radical (unpaired) electrons. The van der Waals surface area contributed by atoms with Gasteiger partial charge in [-0.25, -0.2) is 0 Å². The second-order valence-electron chi connectivity index (χ2n) is 16.8. The van der Waals surface area contributed by atoms with Gasteiger partial charge in [-0.1, -0.05) is 0 Å². The van der Waals surface area contributed by atoms with Crippen LogP contribution >= 0.6 is 0 Å². The van der Waals surface area contributed by atoms with E-state index in [4.69, 9.17) is 37.9 Å². The molecule has 1 unspecified atom stereocenters. The maximum absolute atomic E-state index is 13.3. The van der Waals surface area contributed by atoms with Crippen molar-refractivity contribution in [2.24, 2.45) is 0 Å². The zero-order chi connectivity index (χ0) is 50.4. The number of aliphatic hydroxyl groups is 14. The lowest BCUT2D eigenvalue weighted by molar-refractivity contribution is -0.366. The summed E-state index contributed by atoms with van der Waals surface area (Å²) in [7, 11) is 1.56. The summed E-state index contributed by atoms with van der Waals surface area (Å²) in [6.07, 6.45) is -32.9. The van der Waals surface area contributed by atoms with Gasteiger partial charge in [0.15, 0.2) is 25.2 Å². The van der Waals surface area contributed by atoms with Gasteiger partial charge >= 0.3 is 0 Å². The number of hydrogen-bond donors (Lipinski definition) is 17. The van der Waals surface area contributed by atoms with E-state index < -0.39 is 186 Å². The third kappa shape index (κ3) is 15.7. The Morgan fingerprint density at radius 1 is 0.574 bits per heavy atom. The van der Waals surface area contributed by atoms with Crippen LogP contribution in [0.1, 0.15) is 32.6 Å². The Kier molecular flexibility index (Phi) is 23.8. The van der Waals surface area contributed by atoms with Crippen LogP contribution in [-0.4, -0.2) is 289 Å². The largest absolute Gasteiger partial charge is 0.394 e. The molecule has 0 aromatic carbocycles. The molecule has 4 aliphatic rings. The fraction of sp³-hybridized carbons (Fsp3) is 0.923. The summed E-state index contributed by atoms with van der Waals surface area (Å²) in [5, 5.41) is 151. The van der Waals surface area contributed by atoms with E-state index in [1.807, 2.05) is 0 Å². The Bertz CT molecular complexity index is 1530. The molecule has 4 rings (SSSR count). The van der Waals surface area contributed by atoms with Gasteiger partial charge < -0.3 is 125 Å². The first-order valence-electron chi connectivity index (χ1n) is 22.2. The summed E-state index contributed by atoms with van der Waals surface area (Å²) >= 11 is 0. The molecule has 29 nitrogen and oxygen atoms in total. The van der Waals surface area contributed by atoms with Crippen molar-refractivity contribution in [3.05, 3.63) is 0 Å². The highest BCUT2D eigenvalue weighted by molar-refractivity contribution is 5.89. The molecule has 0 spiro atoms. The maximum atomic E-state index is 13.3. The van der Waals surface area contributed by atoms with E-state index in [1.165, 1.54) is 6.92 Å². The fourth-order valence-electron chi connectivity index (χ4n) is 7.56. The summed E-state index contributed by atoms with van der Waals surface area (Å²) in [5.74, 6) is -2.05. The third-order valence-electron chi connectivity index (χ3n) is 11.7. The van der Waals surface area contributed by atoms with Crippen molar-refractivity contribution in [3.63, 3.8) is 0 Å². The molecule has 396 valence electrons. The van der Waals surface area contributed by atoms with E-state index in [9.17, 15) is 85.9 Å². The van der Waals surface area contributed by atoms with Crippen molar-refractivity contribution < 1.29 is 124 Å². The van der Waals surface area contributed by atoms with E-state index in [0.717, 1.165) is 4.90 Å². The summed E-state index contributed by atoms with van der Waals surface area (Å²) in [6, 6.07) is 0. The first-order valence-corrected chi connectivity index (χ1v) is 22.2. The molecule has 0 bridgehead atoms. The van der Waals surface area contributed by atoms with Crippen molar-refractivity contribution in [2.45, 2.75) is 162 Å². The number of hydrogen-bond acceptors (Lipinski definition) is 26. The number of amides is 3. The molecular weight excluding hydrogens is 924 g/mol. The topological polar surface area (TPSA) is 448 Å². The van der Waals surface area contributed by atoms with Crippen LogP contribution < -0.4 is 16.0 Å². The zero-order valence-corrected chi connectivity index (χ0v) is 37.5. The molecule has 3 amide bonds. The van der Waals surface area contributed by atoms with Crippen LogP contribution in [0.25, 0.3) is 0 Å². The van der Waals surface area contributed by atoms with Crippen LogP contribution in [0, 0.1) is 0 Å². The predicted molar refractivity (Wildman–Crippen MR) is 219 cm³/mol. The molecular formula is C39H70N4O25. The molecule has 4 saturated heterocycles. The van der Waals surface area contributed by atoms with Crippen LogP contribution in [0.3, 0.4) is 0 Å². The molecule has 17 N–H and O–H groups in total. The summed E-state index contributed by atoms with van der Waals surface area (Å²) < 4.78 is 44.1. The van der Waals surface area contributed by atoms with Crippen LogP contribution in [0.5, 0.6) is 0 Å². The van der Waals surface area contributed by atoms with Crippen molar-refractivity contribution in [2.75, 3.05) is 66.3 Å². The van der Waals surface area contributed by atoms with Gasteiger partial charge in [0.2, 0.25) is 17.7 Å². The van der Waals surface area contributed by atoms with Crippen LogP contribution in [0.15, 0.2) is 0 Å². The molecule has 21 atom stereocenters. The average molecular weight is 995 g/mol. The van der Waals surface area contributed by atoms with Crippen molar-refractivity contribution >= 4 is 17.7 Å². The Hall–Kier alpha value is -2.51. The standard InChI is InChI=1S/C39H70N4O25/c1-16-24(50)28(54)31(57)36(64-16)61-9-7-41-21(47)11-43(23(49)6-4-3-5-20(46)40-2)12-22(48)42-8-10-62-38-34(60)35(68-39-33(59)30(56)26(52)18(14-45)66-39)27(53)19(67-38)15-63-37-32(58)29(55)25(51)17(13-44)65-37/h16-20,24-40,44-46,50-60H,3-15H2,1-2H3,(H,41,47)(H,42,48)/t16-,17+,18+,19+,20?,24+,25+,26+,27+,28+,29-,30-,31-,32-,33-,34-,35-,36+,37-,38-,39+/m0/s1.